The van der Waals surface area contributed by atoms with E-state index in [4.69, 9.17) is 4.79 Å². The lowest BCUT2D eigenvalue weighted by Crippen LogP contribution is -2.43. The molecule has 3 nitrogen and oxygen atoms in total. The molecule has 72 valence electrons. The van der Waals surface area contributed by atoms with Crippen LogP contribution in [0.3, 0.4) is 0 Å². The zero-order valence-corrected chi connectivity index (χ0v) is 8.48. The minimum atomic E-state index is 0.250. The van der Waals surface area contributed by atoms with E-state index in [0.29, 0.717) is 11.1 Å². The number of carbonyl (C=O) groups excluding carboxylic acids is 1. The van der Waals surface area contributed by atoms with E-state index in [1.807, 2.05) is 0 Å². The van der Waals surface area contributed by atoms with Gasteiger partial charge in [-0.15, -0.1) is 0 Å². The predicted octanol–water partition coefficient (Wildman–Crippen LogP) is 1.03. The average molecular weight is 172 g/mol. The van der Waals surface area contributed by atoms with Crippen LogP contribution >= 0.6 is 0 Å². The number of primary amides is 1. The molecule has 1 saturated heterocycles. The van der Waals surface area contributed by atoms with Crippen LogP contribution in [-0.2, 0) is 4.79 Å². The lowest BCUT2D eigenvalue weighted by atomic mass is 10.0. The summed E-state index contributed by atoms with van der Waals surface area (Å²) in [6.07, 6.45) is 2.86. The molecule has 1 fully saturated rings. The fourth-order valence-electron chi connectivity index (χ4n) is 1.67. The molecule has 12 heavy (non-hydrogen) atoms. The van der Waals surface area contributed by atoms with Crippen LogP contribution in [0.4, 0.5) is 0 Å². The molecule has 1 aliphatic rings. The molecule has 1 amide bonds. The van der Waals surface area contributed by atoms with Crippen LogP contribution in [0.15, 0.2) is 0 Å². The first kappa shape index (κ1) is 11.4. The van der Waals surface area contributed by atoms with E-state index in [-0.39, 0.29) is 6.41 Å². The number of amides is 1. The van der Waals surface area contributed by atoms with Crippen LogP contribution in [0.25, 0.3) is 0 Å². The molecule has 0 saturated carbocycles. The monoisotopic (exact) mass is 172 g/mol. The van der Waals surface area contributed by atoms with E-state index in [1.165, 1.54) is 12.8 Å². The standard InChI is InChI=1S/C8H17N.CH3NO/c1-7(2)5-6-8(3,4)9-7;2-1-3/h9H,5-6H2,1-4H3;1H,(H2,2,3). The van der Waals surface area contributed by atoms with Crippen LogP contribution in [0.2, 0.25) is 0 Å². The minimum Gasteiger partial charge on any atom is -0.372 e. The highest BCUT2D eigenvalue weighted by Gasteiger charge is 2.34. The Morgan fingerprint density at radius 3 is 1.50 bits per heavy atom. The molecule has 1 heterocycles. The molecule has 3 heteroatoms. The van der Waals surface area contributed by atoms with E-state index in [2.05, 4.69) is 38.7 Å². The third-order valence-corrected chi connectivity index (χ3v) is 2.05. The average Bonchev–Trinajstić information content (AvgIpc) is 2.06. The van der Waals surface area contributed by atoms with Gasteiger partial charge in [-0.2, -0.15) is 0 Å². The Hall–Kier alpha value is -0.570. The van der Waals surface area contributed by atoms with E-state index >= 15 is 0 Å². The molecule has 0 unspecified atom stereocenters. The van der Waals surface area contributed by atoms with E-state index in [9.17, 15) is 0 Å². The van der Waals surface area contributed by atoms with Crippen LogP contribution < -0.4 is 11.1 Å². The summed E-state index contributed by atoms with van der Waals surface area (Å²) >= 11 is 0. The van der Waals surface area contributed by atoms with Gasteiger partial charge in [0.25, 0.3) is 0 Å². The van der Waals surface area contributed by atoms with Crippen molar-refractivity contribution in [3.05, 3.63) is 0 Å². The van der Waals surface area contributed by atoms with Gasteiger partial charge in [0.1, 0.15) is 0 Å². The number of rotatable bonds is 0. The van der Waals surface area contributed by atoms with Crippen molar-refractivity contribution in [2.45, 2.75) is 51.6 Å². The summed E-state index contributed by atoms with van der Waals surface area (Å²) in [6.45, 7) is 9.06. The maximum Gasteiger partial charge on any atom is 0.204 e. The number of hydrogen-bond donors (Lipinski definition) is 2. The Morgan fingerprint density at radius 2 is 1.42 bits per heavy atom. The van der Waals surface area contributed by atoms with Crippen molar-refractivity contribution >= 4 is 6.41 Å². The van der Waals surface area contributed by atoms with Gasteiger partial charge in [0.05, 0.1) is 0 Å². The SMILES string of the molecule is CC1(C)CCC(C)(C)N1.NC=O. The van der Waals surface area contributed by atoms with Gasteiger partial charge >= 0.3 is 0 Å². The molecule has 1 aliphatic heterocycles. The molecular formula is C9H20N2O. The van der Waals surface area contributed by atoms with Crippen LogP contribution in [0.1, 0.15) is 40.5 Å². The van der Waals surface area contributed by atoms with Crippen molar-refractivity contribution in [1.82, 2.24) is 5.32 Å². The van der Waals surface area contributed by atoms with Gasteiger partial charge in [-0.25, -0.2) is 0 Å². The third-order valence-electron chi connectivity index (χ3n) is 2.05. The molecule has 0 atom stereocenters. The zero-order chi connectivity index (χ0) is 9.83. The van der Waals surface area contributed by atoms with E-state index in [0.717, 1.165) is 0 Å². The lowest BCUT2D eigenvalue weighted by Gasteiger charge is -2.24. The topological polar surface area (TPSA) is 55.1 Å². The molecule has 1 rings (SSSR count). The third kappa shape index (κ3) is 4.34. The summed E-state index contributed by atoms with van der Waals surface area (Å²) in [4.78, 5) is 8.58. The first-order valence-electron chi connectivity index (χ1n) is 4.28. The fraction of sp³-hybridized carbons (Fsp3) is 0.889. The van der Waals surface area contributed by atoms with Gasteiger partial charge in [0.2, 0.25) is 6.41 Å². The highest BCUT2D eigenvalue weighted by molar-refractivity contribution is 5.42. The first-order valence-corrected chi connectivity index (χ1v) is 4.28. The minimum absolute atomic E-state index is 0.250. The Kier molecular flexibility index (Phi) is 3.71. The van der Waals surface area contributed by atoms with Crippen molar-refractivity contribution in [2.24, 2.45) is 5.73 Å². The number of nitrogens with two attached hydrogens (primary N) is 1. The second-order valence-corrected chi connectivity index (χ2v) is 4.53. The summed E-state index contributed by atoms with van der Waals surface area (Å²) in [7, 11) is 0. The summed E-state index contributed by atoms with van der Waals surface area (Å²) < 4.78 is 0. The first-order chi connectivity index (χ1) is 5.33. The van der Waals surface area contributed by atoms with Gasteiger partial charge in [0.15, 0.2) is 0 Å². The maximum atomic E-state index is 8.58. The smallest absolute Gasteiger partial charge is 0.204 e. The van der Waals surface area contributed by atoms with Gasteiger partial charge in [-0.1, -0.05) is 0 Å². The lowest BCUT2D eigenvalue weighted by molar-refractivity contribution is -0.106. The van der Waals surface area contributed by atoms with Gasteiger partial charge in [-0.3, -0.25) is 4.79 Å². The second-order valence-electron chi connectivity index (χ2n) is 4.53. The number of carbonyl (C=O) groups is 1. The Bertz CT molecular complexity index is 139. The predicted molar refractivity (Wildman–Crippen MR) is 50.8 cm³/mol. The highest BCUT2D eigenvalue weighted by Crippen LogP contribution is 2.29. The quantitative estimate of drug-likeness (QED) is 0.536. The molecule has 0 aliphatic carbocycles. The summed E-state index contributed by atoms with van der Waals surface area (Å²) in [5, 5.41) is 3.57. The van der Waals surface area contributed by atoms with Crippen molar-refractivity contribution in [3.8, 4) is 0 Å². The molecule has 0 spiro atoms. The Labute approximate surface area is 74.7 Å². The molecule has 3 N–H and O–H groups in total. The van der Waals surface area contributed by atoms with Gasteiger partial charge < -0.3 is 11.1 Å². The molecule has 0 radical (unpaired) electrons. The van der Waals surface area contributed by atoms with Crippen molar-refractivity contribution < 1.29 is 4.79 Å². The second kappa shape index (κ2) is 3.90. The Balaban J connectivity index is 0.000000354. The number of nitrogens with one attached hydrogen (secondary N) is 1. The van der Waals surface area contributed by atoms with Crippen molar-refractivity contribution in [1.29, 1.82) is 0 Å². The van der Waals surface area contributed by atoms with Gasteiger partial charge in [-0.05, 0) is 40.5 Å². The van der Waals surface area contributed by atoms with Crippen LogP contribution in [0.5, 0.6) is 0 Å². The normalized spacial score (nSPS) is 24.0. The van der Waals surface area contributed by atoms with Crippen LogP contribution in [-0.4, -0.2) is 17.5 Å². The van der Waals surface area contributed by atoms with E-state index in [1.54, 1.807) is 0 Å². The summed E-state index contributed by atoms with van der Waals surface area (Å²) in [5.74, 6) is 0. The molecule has 0 aromatic rings. The molecule has 0 aromatic heterocycles. The van der Waals surface area contributed by atoms with Crippen LogP contribution in [0, 0.1) is 0 Å². The Morgan fingerprint density at radius 1 is 1.17 bits per heavy atom. The van der Waals surface area contributed by atoms with Crippen molar-refractivity contribution in [2.75, 3.05) is 0 Å². The summed E-state index contributed by atoms with van der Waals surface area (Å²) in [6, 6.07) is 0. The van der Waals surface area contributed by atoms with Gasteiger partial charge in [0, 0.05) is 11.1 Å². The largest absolute Gasteiger partial charge is 0.372 e. The van der Waals surface area contributed by atoms with Crippen molar-refractivity contribution in [3.63, 3.8) is 0 Å². The molecule has 0 aromatic carbocycles. The van der Waals surface area contributed by atoms with E-state index < -0.39 is 0 Å². The zero-order valence-electron chi connectivity index (χ0n) is 8.48. The molecule has 0 bridgehead atoms. The fourth-order valence-corrected chi connectivity index (χ4v) is 1.67. The molecular weight excluding hydrogens is 152 g/mol. The highest BCUT2D eigenvalue weighted by atomic mass is 16.1. The maximum absolute atomic E-state index is 8.58. The summed E-state index contributed by atoms with van der Waals surface area (Å²) in [5.41, 5.74) is 4.92. The number of hydrogen-bond acceptors (Lipinski definition) is 2.